The predicted octanol–water partition coefficient (Wildman–Crippen LogP) is 4.79. The molecule has 0 saturated carbocycles. The normalized spacial score (nSPS) is 12.1. The number of ether oxygens (including phenoxy) is 1. The van der Waals surface area contributed by atoms with E-state index in [-0.39, 0.29) is 29.1 Å². The lowest BCUT2D eigenvalue weighted by molar-refractivity contribution is -0.139. The lowest BCUT2D eigenvalue weighted by Gasteiger charge is -2.32. The van der Waals surface area contributed by atoms with E-state index in [2.05, 4.69) is 5.32 Å². The van der Waals surface area contributed by atoms with Gasteiger partial charge in [0.15, 0.2) is 0 Å². The Morgan fingerprint density at radius 2 is 1.64 bits per heavy atom. The van der Waals surface area contributed by atoms with E-state index in [9.17, 15) is 18.0 Å². The maximum atomic E-state index is 13.9. The summed E-state index contributed by atoms with van der Waals surface area (Å²) in [6.45, 7) is 6.82. The highest BCUT2D eigenvalue weighted by Crippen LogP contribution is 2.28. The van der Waals surface area contributed by atoms with E-state index in [1.807, 2.05) is 45.0 Å². The molecule has 0 aliphatic rings. The Balaban J connectivity index is 2.04. The molecule has 0 radical (unpaired) electrons. The molecule has 3 rings (SSSR count). The predicted molar refractivity (Wildman–Crippen MR) is 153 cm³/mol. The van der Waals surface area contributed by atoms with Gasteiger partial charge in [-0.15, -0.1) is 0 Å². The van der Waals surface area contributed by atoms with E-state index in [1.54, 1.807) is 25.1 Å². The van der Waals surface area contributed by atoms with Crippen LogP contribution in [-0.2, 0) is 26.2 Å². The van der Waals surface area contributed by atoms with Crippen molar-refractivity contribution in [2.75, 3.05) is 18.0 Å². The minimum atomic E-state index is -4.20. The second-order valence-electron chi connectivity index (χ2n) is 9.52. The van der Waals surface area contributed by atoms with E-state index in [1.165, 1.54) is 42.3 Å². The van der Waals surface area contributed by atoms with E-state index in [4.69, 9.17) is 16.3 Å². The van der Waals surface area contributed by atoms with Crippen LogP contribution < -0.4 is 14.4 Å². The average molecular weight is 572 g/mol. The first-order valence-corrected chi connectivity index (χ1v) is 14.3. The van der Waals surface area contributed by atoms with Crippen molar-refractivity contribution in [3.05, 3.63) is 88.9 Å². The number of rotatable bonds is 11. The topological polar surface area (TPSA) is 96.0 Å². The Kier molecular flexibility index (Phi) is 9.99. The molecule has 0 bridgehead atoms. The third-order valence-corrected chi connectivity index (χ3v) is 8.08. The molecule has 2 amide bonds. The third-order valence-electron chi connectivity index (χ3n) is 6.06. The van der Waals surface area contributed by atoms with E-state index < -0.39 is 28.5 Å². The summed E-state index contributed by atoms with van der Waals surface area (Å²) in [5, 5.41) is 3.16. The largest absolute Gasteiger partial charge is 0.497 e. The molecule has 10 heteroatoms. The number of halogens is 1. The minimum Gasteiger partial charge on any atom is -0.497 e. The number of benzene rings is 3. The Morgan fingerprint density at radius 3 is 2.23 bits per heavy atom. The summed E-state index contributed by atoms with van der Waals surface area (Å²) in [4.78, 5) is 28.2. The summed E-state index contributed by atoms with van der Waals surface area (Å²) in [5.41, 5.74) is 2.04. The molecule has 208 valence electrons. The minimum absolute atomic E-state index is 0.0214. The molecular formula is C29H34ClN3O5S. The van der Waals surface area contributed by atoms with Crippen molar-refractivity contribution in [1.82, 2.24) is 10.2 Å². The zero-order valence-corrected chi connectivity index (χ0v) is 24.3. The number of aryl methyl sites for hydroxylation is 1. The van der Waals surface area contributed by atoms with E-state index >= 15 is 0 Å². The lowest BCUT2D eigenvalue weighted by Crippen LogP contribution is -2.52. The molecule has 0 fully saturated rings. The maximum Gasteiger partial charge on any atom is 0.264 e. The zero-order valence-electron chi connectivity index (χ0n) is 22.7. The van der Waals surface area contributed by atoms with Crippen molar-refractivity contribution in [3.63, 3.8) is 0 Å². The summed E-state index contributed by atoms with van der Waals surface area (Å²) in [6.07, 6.45) is 0. The molecule has 1 atom stereocenters. The van der Waals surface area contributed by atoms with Crippen molar-refractivity contribution in [2.45, 2.75) is 51.2 Å². The van der Waals surface area contributed by atoms with Crippen molar-refractivity contribution in [2.24, 2.45) is 0 Å². The van der Waals surface area contributed by atoms with Gasteiger partial charge in [0, 0.05) is 17.6 Å². The van der Waals surface area contributed by atoms with Crippen LogP contribution >= 0.6 is 11.6 Å². The van der Waals surface area contributed by atoms with E-state index in [0.29, 0.717) is 10.8 Å². The highest BCUT2D eigenvalue weighted by molar-refractivity contribution is 7.92. The Hall–Kier alpha value is -3.56. The zero-order chi connectivity index (χ0) is 28.7. The van der Waals surface area contributed by atoms with Crippen LogP contribution in [0.2, 0.25) is 5.02 Å². The number of nitrogens with one attached hydrogen (secondary N) is 1. The standard InChI is InChI=1S/C29H34ClN3O5S/c1-20(2)31-29(35)22(4)32(18-23-9-6-8-21(3)16-23)28(34)19-33(25-11-7-10-24(30)17-25)39(36,37)27-14-12-26(38-5)13-15-27/h6-17,20,22H,18-19H2,1-5H3,(H,31,35)/t22-/m1/s1. The van der Waals surface area contributed by atoms with Crippen LogP contribution in [0.4, 0.5) is 5.69 Å². The fourth-order valence-electron chi connectivity index (χ4n) is 4.03. The number of carbonyl (C=O) groups excluding carboxylic acids is 2. The summed E-state index contributed by atoms with van der Waals surface area (Å²) in [6, 6.07) is 18.8. The van der Waals surface area contributed by atoms with Gasteiger partial charge in [-0.25, -0.2) is 8.42 Å². The number of hydrogen-bond donors (Lipinski definition) is 1. The number of nitrogens with zero attached hydrogens (tertiary/aromatic N) is 2. The maximum absolute atomic E-state index is 13.9. The summed E-state index contributed by atoms with van der Waals surface area (Å²) >= 11 is 6.20. The Bertz CT molecular complexity index is 1410. The molecule has 3 aromatic rings. The second kappa shape index (κ2) is 13.0. The van der Waals surface area contributed by atoms with Gasteiger partial charge in [0.1, 0.15) is 18.3 Å². The van der Waals surface area contributed by atoms with Gasteiger partial charge in [-0.3, -0.25) is 13.9 Å². The van der Waals surface area contributed by atoms with Crippen LogP contribution in [0, 0.1) is 6.92 Å². The van der Waals surface area contributed by atoms with Gasteiger partial charge in [-0.2, -0.15) is 0 Å². The molecule has 0 aliphatic carbocycles. The number of methoxy groups -OCH3 is 1. The van der Waals surface area contributed by atoms with Crippen molar-refractivity contribution in [3.8, 4) is 5.75 Å². The lowest BCUT2D eigenvalue weighted by atomic mass is 10.1. The van der Waals surface area contributed by atoms with Crippen LogP contribution in [0.1, 0.15) is 31.9 Å². The van der Waals surface area contributed by atoms with Crippen molar-refractivity contribution in [1.29, 1.82) is 0 Å². The van der Waals surface area contributed by atoms with Crippen LogP contribution in [0.25, 0.3) is 0 Å². The molecule has 0 aromatic heterocycles. The van der Waals surface area contributed by atoms with Gasteiger partial charge < -0.3 is 15.0 Å². The number of sulfonamides is 1. The molecule has 8 nitrogen and oxygen atoms in total. The molecule has 0 aliphatic heterocycles. The van der Waals surface area contributed by atoms with Crippen LogP contribution in [0.15, 0.2) is 77.7 Å². The SMILES string of the molecule is COc1ccc(S(=O)(=O)N(CC(=O)N(Cc2cccc(C)c2)[C@H](C)C(=O)NC(C)C)c2cccc(Cl)c2)cc1. The fourth-order valence-corrected chi connectivity index (χ4v) is 5.62. The van der Waals surface area contributed by atoms with E-state index in [0.717, 1.165) is 15.4 Å². The van der Waals surface area contributed by atoms with Gasteiger partial charge in [0.25, 0.3) is 10.0 Å². The van der Waals surface area contributed by atoms with Crippen molar-refractivity contribution >= 4 is 39.1 Å². The molecular weight excluding hydrogens is 538 g/mol. The number of amides is 2. The van der Waals surface area contributed by atoms with Gasteiger partial charge in [-0.05, 0) is 75.7 Å². The number of anilines is 1. The highest BCUT2D eigenvalue weighted by atomic mass is 35.5. The Labute approximate surface area is 235 Å². The fraction of sp³-hybridized carbons (Fsp3) is 0.310. The number of carbonyl (C=O) groups is 2. The molecule has 0 spiro atoms. The summed E-state index contributed by atoms with van der Waals surface area (Å²) < 4.78 is 33.9. The average Bonchev–Trinajstić information content (AvgIpc) is 2.89. The second-order valence-corrected chi connectivity index (χ2v) is 11.8. The van der Waals surface area contributed by atoms with Gasteiger partial charge in [0.2, 0.25) is 11.8 Å². The molecule has 0 saturated heterocycles. The first-order valence-electron chi connectivity index (χ1n) is 12.5. The quantitative estimate of drug-likeness (QED) is 0.357. The highest BCUT2D eigenvalue weighted by Gasteiger charge is 2.32. The molecule has 0 unspecified atom stereocenters. The van der Waals surface area contributed by atoms with Crippen molar-refractivity contribution < 1.29 is 22.7 Å². The van der Waals surface area contributed by atoms with Gasteiger partial charge in [0.05, 0.1) is 17.7 Å². The van der Waals surface area contributed by atoms with Gasteiger partial charge in [-0.1, -0.05) is 47.5 Å². The molecule has 0 heterocycles. The molecule has 3 aromatic carbocycles. The first-order chi connectivity index (χ1) is 18.4. The first kappa shape index (κ1) is 30.0. The summed E-state index contributed by atoms with van der Waals surface area (Å²) in [7, 11) is -2.71. The van der Waals surface area contributed by atoms with Crippen LogP contribution in [-0.4, -0.2) is 50.9 Å². The van der Waals surface area contributed by atoms with Crippen LogP contribution in [0.3, 0.4) is 0 Å². The number of hydrogen-bond acceptors (Lipinski definition) is 5. The van der Waals surface area contributed by atoms with Gasteiger partial charge >= 0.3 is 0 Å². The molecule has 1 N–H and O–H groups in total. The summed E-state index contributed by atoms with van der Waals surface area (Å²) in [5.74, 6) is -0.382. The smallest absolute Gasteiger partial charge is 0.264 e. The third kappa shape index (κ3) is 7.74. The monoisotopic (exact) mass is 571 g/mol. The molecule has 39 heavy (non-hydrogen) atoms. The van der Waals surface area contributed by atoms with Crippen LogP contribution in [0.5, 0.6) is 5.75 Å². The Morgan fingerprint density at radius 1 is 0.974 bits per heavy atom.